The van der Waals surface area contributed by atoms with Crippen LogP contribution < -0.4 is 5.32 Å². The van der Waals surface area contributed by atoms with Crippen molar-refractivity contribution in [3.05, 3.63) is 101 Å². The third kappa shape index (κ3) is 4.99. The van der Waals surface area contributed by atoms with Gasteiger partial charge >= 0.3 is 0 Å². The second-order valence-corrected chi connectivity index (χ2v) is 9.27. The number of aromatic nitrogens is 1. The Kier molecular flexibility index (Phi) is 7.15. The van der Waals surface area contributed by atoms with Crippen LogP contribution in [-0.4, -0.2) is 64.0 Å². The number of ether oxygens (including phenoxy) is 1. The van der Waals surface area contributed by atoms with Crippen LogP contribution in [0, 0.1) is 11.6 Å². The van der Waals surface area contributed by atoms with Crippen molar-refractivity contribution < 1.29 is 27.9 Å². The van der Waals surface area contributed by atoms with E-state index >= 15 is 0 Å². The molecule has 8 nitrogen and oxygen atoms in total. The van der Waals surface area contributed by atoms with Gasteiger partial charge in [0.05, 0.1) is 24.4 Å². The molecule has 2 aliphatic heterocycles. The molecule has 2 saturated heterocycles. The van der Waals surface area contributed by atoms with Gasteiger partial charge in [-0.3, -0.25) is 24.3 Å². The van der Waals surface area contributed by atoms with Crippen LogP contribution in [0.2, 0.25) is 0 Å². The third-order valence-electron chi connectivity index (χ3n) is 6.96. The van der Waals surface area contributed by atoms with E-state index in [0.717, 1.165) is 6.07 Å². The van der Waals surface area contributed by atoms with Crippen molar-refractivity contribution in [2.75, 3.05) is 19.7 Å². The molecule has 38 heavy (non-hydrogen) atoms. The zero-order valence-corrected chi connectivity index (χ0v) is 20.5. The lowest BCUT2D eigenvalue weighted by molar-refractivity contribution is -0.128. The van der Waals surface area contributed by atoms with Gasteiger partial charge in [-0.1, -0.05) is 24.3 Å². The van der Waals surface area contributed by atoms with E-state index in [-0.39, 0.29) is 50.2 Å². The Balaban J connectivity index is 1.37. The van der Waals surface area contributed by atoms with Crippen LogP contribution in [0.15, 0.2) is 72.9 Å². The number of hydrogen-bond acceptors (Lipinski definition) is 5. The number of nitrogens with one attached hydrogen (secondary N) is 1. The van der Waals surface area contributed by atoms with Gasteiger partial charge in [-0.15, -0.1) is 0 Å². The molecule has 1 atom stereocenters. The number of rotatable bonds is 5. The topological polar surface area (TPSA) is 91.8 Å². The molecule has 0 radical (unpaired) electrons. The summed E-state index contributed by atoms with van der Waals surface area (Å²) in [5.74, 6) is -2.62. The van der Waals surface area contributed by atoms with Gasteiger partial charge in [-0.2, -0.15) is 0 Å². The van der Waals surface area contributed by atoms with E-state index in [1.165, 1.54) is 46.2 Å². The monoisotopic (exact) mass is 520 g/mol. The normalized spacial score (nSPS) is 18.4. The van der Waals surface area contributed by atoms with Gasteiger partial charge in [0.2, 0.25) is 5.91 Å². The van der Waals surface area contributed by atoms with Crippen molar-refractivity contribution in [1.29, 1.82) is 0 Å². The van der Waals surface area contributed by atoms with Gasteiger partial charge in [-0.05, 0) is 42.5 Å². The molecule has 3 heterocycles. The van der Waals surface area contributed by atoms with Crippen molar-refractivity contribution in [3.63, 3.8) is 0 Å². The summed E-state index contributed by atoms with van der Waals surface area (Å²) in [6.45, 7) is 0.469. The molecule has 2 aliphatic rings. The highest BCUT2D eigenvalue weighted by molar-refractivity contribution is 5.98. The van der Waals surface area contributed by atoms with Crippen molar-refractivity contribution in [2.24, 2.45) is 0 Å². The van der Waals surface area contributed by atoms with Crippen LogP contribution in [0.1, 0.15) is 39.3 Å². The smallest absolute Gasteiger partial charge is 0.256 e. The predicted molar refractivity (Wildman–Crippen MR) is 133 cm³/mol. The minimum atomic E-state index is -1.18. The zero-order valence-electron chi connectivity index (χ0n) is 20.5. The molecule has 1 unspecified atom stereocenters. The maximum Gasteiger partial charge on any atom is 0.256 e. The first-order valence-corrected chi connectivity index (χ1v) is 12.3. The number of carbonyl (C=O) groups excluding carboxylic acids is 3. The number of halogens is 2. The first-order chi connectivity index (χ1) is 18.4. The van der Waals surface area contributed by atoms with Gasteiger partial charge in [0.25, 0.3) is 11.8 Å². The van der Waals surface area contributed by atoms with Gasteiger partial charge < -0.3 is 15.0 Å². The highest BCUT2D eigenvalue weighted by Gasteiger charge is 2.54. The van der Waals surface area contributed by atoms with Gasteiger partial charge in [0.1, 0.15) is 23.4 Å². The summed E-state index contributed by atoms with van der Waals surface area (Å²) in [4.78, 5) is 47.0. The number of piperidine rings is 1. The van der Waals surface area contributed by atoms with Crippen LogP contribution in [0.25, 0.3) is 0 Å². The first kappa shape index (κ1) is 25.5. The highest BCUT2D eigenvalue weighted by atomic mass is 19.1. The Hall–Kier alpha value is -4.18. The lowest BCUT2D eigenvalue weighted by Gasteiger charge is -2.44. The van der Waals surface area contributed by atoms with Crippen LogP contribution in [0.3, 0.4) is 0 Å². The Bertz CT molecular complexity index is 1350. The van der Waals surface area contributed by atoms with Crippen molar-refractivity contribution in [1.82, 2.24) is 20.1 Å². The molecule has 0 bridgehead atoms. The summed E-state index contributed by atoms with van der Waals surface area (Å²) < 4.78 is 34.3. The fourth-order valence-electron chi connectivity index (χ4n) is 4.99. The molecule has 196 valence electrons. The van der Waals surface area contributed by atoms with E-state index < -0.39 is 41.1 Å². The predicted octanol–water partition coefficient (Wildman–Crippen LogP) is 3.15. The molecule has 2 fully saturated rings. The van der Waals surface area contributed by atoms with Crippen LogP contribution in [0.4, 0.5) is 8.78 Å². The minimum absolute atomic E-state index is 0.0322. The van der Waals surface area contributed by atoms with E-state index in [9.17, 15) is 23.2 Å². The van der Waals surface area contributed by atoms with Crippen LogP contribution >= 0.6 is 0 Å². The summed E-state index contributed by atoms with van der Waals surface area (Å²) in [6, 6.07) is 15.4. The molecule has 1 spiro atoms. The molecule has 1 N–H and O–H groups in total. The number of likely N-dealkylation sites (tertiary alicyclic amines) is 1. The Morgan fingerprint density at radius 3 is 2.45 bits per heavy atom. The lowest BCUT2D eigenvalue weighted by atomic mass is 9.96. The fraction of sp³-hybridized carbons (Fsp3) is 0.286. The molecule has 3 amide bonds. The van der Waals surface area contributed by atoms with E-state index in [1.54, 1.807) is 30.5 Å². The average Bonchev–Trinajstić information content (AvgIpc) is 3.30. The number of pyridine rings is 1. The number of hydrogen-bond donors (Lipinski definition) is 1. The Morgan fingerprint density at radius 1 is 0.974 bits per heavy atom. The molecular weight excluding hydrogens is 494 g/mol. The summed E-state index contributed by atoms with van der Waals surface area (Å²) in [5.41, 5.74) is -0.474. The Morgan fingerprint density at radius 2 is 1.74 bits per heavy atom. The summed E-state index contributed by atoms with van der Waals surface area (Å²) in [5, 5.41) is 2.81. The number of amides is 3. The van der Waals surface area contributed by atoms with Gasteiger partial charge in [0.15, 0.2) is 0 Å². The van der Waals surface area contributed by atoms with Crippen LogP contribution in [-0.2, 0) is 16.1 Å². The van der Waals surface area contributed by atoms with Gasteiger partial charge in [0, 0.05) is 37.7 Å². The maximum atomic E-state index is 14.2. The van der Waals surface area contributed by atoms with Crippen molar-refractivity contribution >= 4 is 17.7 Å². The van der Waals surface area contributed by atoms with Crippen molar-refractivity contribution in [3.8, 4) is 0 Å². The SMILES string of the molecule is O=C(NCc1ccccn1)C1COC2(CCN(C(=O)c3ccccc3F)CC2)N1C(=O)c1cccc(F)c1. The molecule has 10 heteroatoms. The standard InChI is InChI=1S/C28H26F2N4O4/c29-20-7-5-6-19(16-20)26(36)34-24(25(35)32-17-21-8-3-4-13-31-21)18-38-28(34)11-14-33(15-12-28)27(37)22-9-1-2-10-23(22)30/h1-10,13,16,24H,11-12,14-15,17-18H2,(H,32,35). The van der Waals surface area contributed by atoms with Gasteiger partial charge in [-0.25, -0.2) is 8.78 Å². The fourth-order valence-corrected chi connectivity index (χ4v) is 4.99. The average molecular weight is 521 g/mol. The molecule has 0 aliphatic carbocycles. The largest absolute Gasteiger partial charge is 0.353 e. The van der Waals surface area contributed by atoms with Crippen LogP contribution in [0.5, 0.6) is 0 Å². The van der Waals surface area contributed by atoms with E-state index in [4.69, 9.17) is 4.74 Å². The zero-order chi connectivity index (χ0) is 26.7. The lowest BCUT2D eigenvalue weighted by Crippen LogP contribution is -2.59. The summed E-state index contributed by atoms with van der Waals surface area (Å²) >= 11 is 0. The minimum Gasteiger partial charge on any atom is -0.353 e. The molecule has 2 aromatic carbocycles. The first-order valence-electron chi connectivity index (χ1n) is 12.3. The van der Waals surface area contributed by atoms with E-state index in [0.29, 0.717) is 5.69 Å². The molecule has 1 aromatic heterocycles. The quantitative estimate of drug-likeness (QED) is 0.558. The van der Waals surface area contributed by atoms with E-state index in [1.807, 2.05) is 0 Å². The Labute approximate surface area is 218 Å². The third-order valence-corrected chi connectivity index (χ3v) is 6.96. The van der Waals surface area contributed by atoms with E-state index in [2.05, 4.69) is 10.3 Å². The molecule has 3 aromatic rings. The molecule has 0 saturated carbocycles. The second-order valence-electron chi connectivity index (χ2n) is 9.27. The number of carbonyl (C=O) groups is 3. The molecule has 5 rings (SSSR count). The molecular formula is C28H26F2N4O4. The maximum absolute atomic E-state index is 14.2. The summed E-state index contributed by atoms with van der Waals surface area (Å²) in [6.07, 6.45) is 2.03. The summed E-state index contributed by atoms with van der Waals surface area (Å²) in [7, 11) is 0. The highest BCUT2D eigenvalue weighted by Crippen LogP contribution is 2.39. The number of benzene rings is 2. The van der Waals surface area contributed by atoms with Crippen molar-refractivity contribution in [2.45, 2.75) is 31.2 Å². The second kappa shape index (κ2) is 10.7. The number of nitrogens with zero attached hydrogens (tertiary/aromatic N) is 3.